The second-order valence-corrected chi connectivity index (χ2v) is 7.23. The minimum atomic E-state index is -0.894. The summed E-state index contributed by atoms with van der Waals surface area (Å²) in [7, 11) is 0. The number of amides is 4. The molecule has 0 spiro atoms. The summed E-state index contributed by atoms with van der Waals surface area (Å²) in [6.07, 6.45) is 1.32. The number of hydrogen-bond donors (Lipinski definition) is 1. The van der Waals surface area contributed by atoms with Gasteiger partial charge < -0.3 is 4.74 Å². The Labute approximate surface area is 187 Å². The van der Waals surface area contributed by atoms with Gasteiger partial charge >= 0.3 is 6.03 Å². The highest BCUT2D eigenvalue weighted by Gasteiger charge is 2.37. The van der Waals surface area contributed by atoms with Gasteiger partial charge in [0.1, 0.15) is 23.7 Å². The molecule has 3 aromatic carbocycles. The molecule has 3 aromatic rings. The van der Waals surface area contributed by atoms with Crippen LogP contribution in [-0.2, 0) is 16.2 Å². The Kier molecular flexibility index (Phi) is 6.00. The highest BCUT2D eigenvalue weighted by atomic mass is 35.5. The summed E-state index contributed by atoms with van der Waals surface area (Å²) in [5, 5.41) is 2.33. The first kappa shape index (κ1) is 21.3. The summed E-state index contributed by atoms with van der Waals surface area (Å²) < 4.78 is 19.6. The number of barbiturate groups is 1. The normalized spacial score (nSPS) is 15.1. The maximum Gasteiger partial charge on any atom is 0.335 e. The van der Waals surface area contributed by atoms with E-state index in [2.05, 4.69) is 5.32 Å². The van der Waals surface area contributed by atoms with E-state index in [9.17, 15) is 18.8 Å². The van der Waals surface area contributed by atoms with Crippen LogP contribution in [0.1, 0.15) is 11.1 Å². The molecule has 1 N–H and O–H groups in total. The summed E-state index contributed by atoms with van der Waals surface area (Å²) in [6, 6.07) is 18.3. The lowest BCUT2D eigenvalue weighted by Crippen LogP contribution is -2.54. The van der Waals surface area contributed by atoms with Crippen LogP contribution in [0, 0.1) is 5.82 Å². The molecule has 0 aromatic heterocycles. The first-order valence-electron chi connectivity index (χ1n) is 9.57. The van der Waals surface area contributed by atoms with Gasteiger partial charge in [-0.1, -0.05) is 60.1 Å². The first-order chi connectivity index (χ1) is 15.5. The van der Waals surface area contributed by atoms with Crippen LogP contribution in [-0.4, -0.2) is 17.8 Å². The second kappa shape index (κ2) is 9.03. The Morgan fingerprint density at radius 2 is 1.62 bits per heavy atom. The van der Waals surface area contributed by atoms with Crippen LogP contribution in [0.25, 0.3) is 6.08 Å². The molecule has 0 atom stereocenters. The fraction of sp³-hybridized carbons (Fsp3) is 0.0417. The number of nitrogens with one attached hydrogen (secondary N) is 1. The van der Waals surface area contributed by atoms with Crippen molar-refractivity contribution in [3.05, 3.63) is 100 Å². The summed E-state index contributed by atoms with van der Waals surface area (Å²) in [6.45, 7) is -0.0444. The standard InChI is InChI=1S/C24H16ClFN2O4/c25-18-9-3-5-11-20(18)28-23(30)17(22(29)27-24(28)31)13-15-7-2-6-12-21(15)32-14-16-8-1-4-10-19(16)26/h1-13H,14H2,(H,27,29,31)/b17-13+. The molecule has 1 heterocycles. The fourth-order valence-corrected chi connectivity index (χ4v) is 3.39. The van der Waals surface area contributed by atoms with Crippen molar-refractivity contribution in [2.24, 2.45) is 0 Å². The zero-order valence-corrected chi connectivity index (χ0v) is 17.3. The number of carbonyl (C=O) groups is 3. The Morgan fingerprint density at radius 3 is 2.41 bits per heavy atom. The summed E-state index contributed by atoms with van der Waals surface area (Å²) >= 11 is 6.14. The molecule has 1 aliphatic rings. The van der Waals surface area contributed by atoms with Gasteiger partial charge in [-0.05, 0) is 30.3 Å². The van der Waals surface area contributed by atoms with Crippen LogP contribution in [0.5, 0.6) is 5.75 Å². The summed E-state index contributed by atoms with van der Waals surface area (Å²) in [5.74, 6) is -1.73. The molecule has 32 heavy (non-hydrogen) atoms. The zero-order valence-electron chi connectivity index (χ0n) is 16.5. The van der Waals surface area contributed by atoms with E-state index in [1.807, 2.05) is 0 Å². The number of benzene rings is 3. The van der Waals surface area contributed by atoms with Crippen molar-refractivity contribution in [2.75, 3.05) is 4.90 Å². The fourth-order valence-electron chi connectivity index (χ4n) is 3.17. The number of nitrogens with zero attached hydrogens (tertiary/aromatic N) is 1. The first-order valence-corrected chi connectivity index (χ1v) is 9.94. The molecule has 8 heteroatoms. The van der Waals surface area contributed by atoms with E-state index in [1.165, 1.54) is 24.3 Å². The smallest absolute Gasteiger partial charge is 0.335 e. The molecule has 0 radical (unpaired) electrons. The molecular weight excluding hydrogens is 435 g/mol. The summed E-state index contributed by atoms with van der Waals surface area (Å²) in [4.78, 5) is 38.7. The zero-order chi connectivity index (χ0) is 22.7. The third-order valence-electron chi connectivity index (χ3n) is 4.75. The van der Waals surface area contributed by atoms with Crippen molar-refractivity contribution in [2.45, 2.75) is 6.61 Å². The van der Waals surface area contributed by atoms with Gasteiger partial charge in [-0.15, -0.1) is 0 Å². The number of para-hydroxylation sites is 2. The van der Waals surface area contributed by atoms with Gasteiger partial charge in [0, 0.05) is 11.1 Å². The molecule has 1 fully saturated rings. The molecule has 0 aliphatic carbocycles. The number of ether oxygens (including phenoxy) is 1. The van der Waals surface area contributed by atoms with Gasteiger partial charge in [0.15, 0.2) is 0 Å². The van der Waals surface area contributed by atoms with E-state index in [-0.39, 0.29) is 22.9 Å². The summed E-state index contributed by atoms with van der Waals surface area (Å²) in [5.41, 5.74) is 0.651. The predicted octanol–water partition coefficient (Wildman–Crippen LogP) is 4.72. The number of anilines is 1. The van der Waals surface area contributed by atoms with Crippen LogP contribution < -0.4 is 15.0 Å². The quantitative estimate of drug-likeness (QED) is 0.450. The average molecular weight is 451 g/mol. The number of imide groups is 2. The number of rotatable bonds is 5. The van der Waals surface area contributed by atoms with Crippen LogP contribution in [0.2, 0.25) is 5.02 Å². The molecule has 0 saturated carbocycles. The molecule has 4 amide bonds. The van der Waals surface area contributed by atoms with Gasteiger partial charge in [0.25, 0.3) is 11.8 Å². The lowest BCUT2D eigenvalue weighted by Gasteiger charge is -2.27. The van der Waals surface area contributed by atoms with Crippen LogP contribution in [0.3, 0.4) is 0 Å². The highest BCUT2D eigenvalue weighted by molar-refractivity contribution is 6.42. The van der Waals surface area contributed by atoms with E-state index in [1.54, 1.807) is 54.6 Å². The highest BCUT2D eigenvalue weighted by Crippen LogP contribution is 2.30. The van der Waals surface area contributed by atoms with Crippen molar-refractivity contribution in [3.63, 3.8) is 0 Å². The topological polar surface area (TPSA) is 75.7 Å². The molecule has 4 rings (SSSR count). The van der Waals surface area contributed by atoms with Crippen molar-refractivity contribution in [1.82, 2.24) is 5.32 Å². The van der Waals surface area contributed by atoms with Crippen molar-refractivity contribution in [3.8, 4) is 5.75 Å². The third-order valence-corrected chi connectivity index (χ3v) is 5.07. The van der Waals surface area contributed by atoms with Crippen molar-refractivity contribution >= 4 is 41.2 Å². The third kappa shape index (κ3) is 4.24. The van der Waals surface area contributed by atoms with Crippen molar-refractivity contribution < 1.29 is 23.5 Å². The molecule has 0 unspecified atom stereocenters. The van der Waals surface area contributed by atoms with Gasteiger partial charge in [-0.2, -0.15) is 0 Å². The van der Waals surface area contributed by atoms with E-state index in [4.69, 9.17) is 16.3 Å². The number of hydrogen-bond acceptors (Lipinski definition) is 4. The average Bonchev–Trinajstić information content (AvgIpc) is 2.78. The Hall–Kier alpha value is -3.97. The van der Waals surface area contributed by atoms with E-state index in [0.29, 0.717) is 16.9 Å². The Bertz CT molecular complexity index is 1260. The van der Waals surface area contributed by atoms with Crippen molar-refractivity contribution in [1.29, 1.82) is 0 Å². The monoisotopic (exact) mass is 450 g/mol. The van der Waals surface area contributed by atoms with E-state index >= 15 is 0 Å². The SMILES string of the molecule is O=C1NC(=O)N(c2ccccc2Cl)C(=O)/C1=C/c1ccccc1OCc1ccccc1F. The minimum Gasteiger partial charge on any atom is -0.488 e. The Morgan fingerprint density at radius 1 is 0.938 bits per heavy atom. The van der Waals surface area contributed by atoms with Gasteiger partial charge in [0.2, 0.25) is 0 Å². The predicted molar refractivity (Wildman–Crippen MR) is 118 cm³/mol. The molecule has 1 aliphatic heterocycles. The van der Waals surface area contributed by atoms with Gasteiger partial charge in [-0.25, -0.2) is 14.1 Å². The van der Waals surface area contributed by atoms with Gasteiger partial charge in [-0.3, -0.25) is 14.9 Å². The maximum absolute atomic E-state index is 13.9. The molecule has 1 saturated heterocycles. The lowest BCUT2D eigenvalue weighted by atomic mass is 10.1. The molecular formula is C24H16ClFN2O4. The van der Waals surface area contributed by atoms with E-state index < -0.39 is 23.7 Å². The molecule has 0 bridgehead atoms. The largest absolute Gasteiger partial charge is 0.488 e. The second-order valence-electron chi connectivity index (χ2n) is 6.83. The molecule has 160 valence electrons. The molecule has 6 nitrogen and oxygen atoms in total. The lowest BCUT2D eigenvalue weighted by molar-refractivity contribution is -0.122. The van der Waals surface area contributed by atoms with Crippen LogP contribution in [0.4, 0.5) is 14.9 Å². The van der Waals surface area contributed by atoms with Crippen LogP contribution in [0.15, 0.2) is 78.4 Å². The number of halogens is 2. The number of urea groups is 1. The van der Waals surface area contributed by atoms with Crippen LogP contribution >= 0.6 is 11.6 Å². The van der Waals surface area contributed by atoms with Gasteiger partial charge in [0.05, 0.1) is 10.7 Å². The Balaban J connectivity index is 1.66. The number of carbonyl (C=O) groups excluding carboxylic acids is 3. The maximum atomic E-state index is 13.9. The minimum absolute atomic E-state index is 0.0444. The van der Waals surface area contributed by atoms with E-state index in [0.717, 1.165) is 4.90 Å².